The number of carbonyl (C=O) groups excluding carboxylic acids is 1. The number of benzene rings is 1. The average molecular weight is 232 g/mol. The quantitative estimate of drug-likeness (QED) is 0.548. The van der Waals surface area contributed by atoms with Crippen LogP contribution in [-0.4, -0.2) is 13.1 Å². The van der Waals surface area contributed by atoms with Crippen molar-refractivity contribution in [2.45, 2.75) is 19.8 Å². The molecule has 0 aromatic heterocycles. The fourth-order valence-electron chi connectivity index (χ4n) is 1.34. The van der Waals surface area contributed by atoms with E-state index in [1.54, 1.807) is 7.11 Å². The Morgan fingerprint density at radius 2 is 2.13 bits per heavy atom. The van der Waals surface area contributed by atoms with E-state index in [2.05, 4.69) is 0 Å². The first-order valence-electron chi connectivity index (χ1n) is 4.47. The average Bonchev–Trinajstić information content (AvgIpc) is 2.15. The molecule has 1 aromatic carbocycles. The number of aryl methyl sites for hydroxylation is 2. The zero-order valence-electron chi connectivity index (χ0n) is 9.37. The summed E-state index contributed by atoms with van der Waals surface area (Å²) < 4.78 is 5.12. The van der Waals surface area contributed by atoms with Crippen LogP contribution in [0.25, 0.3) is 0 Å². The third-order valence-corrected chi connectivity index (χ3v) is 2.03. The van der Waals surface area contributed by atoms with E-state index in [9.17, 15) is 9.90 Å². The molecule has 0 aliphatic carbocycles. The van der Waals surface area contributed by atoms with Crippen LogP contribution in [0.5, 0.6) is 5.75 Å². The Morgan fingerprint density at radius 1 is 1.47 bits per heavy atom. The van der Waals surface area contributed by atoms with Crippen LogP contribution in [0.1, 0.15) is 17.5 Å². The number of carboxylic acids is 1. The normalized spacial score (nSPS) is 9.20. The molecule has 0 heterocycles. The molecule has 15 heavy (non-hydrogen) atoms. The maximum atomic E-state index is 10.3. The van der Waals surface area contributed by atoms with Crippen LogP contribution in [-0.2, 0) is 11.2 Å². The Hall–Kier alpha value is 0.126. The van der Waals surface area contributed by atoms with E-state index in [4.69, 9.17) is 4.74 Å². The Labute approximate surface area is 132 Å². The predicted octanol–water partition coefficient (Wildman–Crippen LogP) is -2.31. The van der Waals surface area contributed by atoms with Gasteiger partial charge < -0.3 is 14.6 Å². The van der Waals surface area contributed by atoms with Gasteiger partial charge in [-0.1, -0.05) is 17.7 Å². The molecule has 0 aliphatic heterocycles. The van der Waals surface area contributed by atoms with Gasteiger partial charge in [-0.3, -0.25) is 0 Å². The van der Waals surface area contributed by atoms with Crippen molar-refractivity contribution in [3.05, 3.63) is 29.3 Å². The number of carbonyl (C=O) groups is 1. The number of hydrogen-bond donors (Lipinski definition) is 0. The zero-order valence-corrected chi connectivity index (χ0v) is 12.5. The van der Waals surface area contributed by atoms with Gasteiger partial charge in [-0.05, 0) is 31.4 Å². The Balaban J connectivity index is 0.00000196. The van der Waals surface area contributed by atoms with Crippen molar-refractivity contribution in [2.24, 2.45) is 0 Å². The van der Waals surface area contributed by atoms with Crippen LogP contribution in [0.2, 0.25) is 0 Å². The van der Waals surface area contributed by atoms with Crippen molar-refractivity contribution in [2.75, 3.05) is 7.11 Å². The van der Waals surface area contributed by atoms with E-state index in [1.165, 1.54) is 0 Å². The van der Waals surface area contributed by atoms with Crippen LogP contribution < -0.4 is 61.2 Å². The van der Waals surface area contributed by atoms with Gasteiger partial charge in [-0.15, -0.1) is 0 Å². The first-order chi connectivity index (χ1) is 6.63. The summed E-state index contributed by atoms with van der Waals surface area (Å²) in [5.74, 6) is -0.301. The molecule has 0 radical (unpaired) electrons. The van der Waals surface area contributed by atoms with Gasteiger partial charge in [0.05, 0.1) is 7.11 Å². The van der Waals surface area contributed by atoms with Crippen molar-refractivity contribution in [3.63, 3.8) is 0 Å². The van der Waals surface area contributed by atoms with Gasteiger partial charge in [0, 0.05) is 5.97 Å². The summed E-state index contributed by atoms with van der Waals surface area (Å²) in [6.45, 7) is 1.96. The molecule has 0 bridgehead atoms. The van der Waals surface area contributed by atoms with E-state index < -0.39 is 5.97 Å². The van der Waals surface area contributed by atoms with Crippen LogP contribution >= 0.6 is 0 Å². The monoisotopic (exact) mass is 232 g/mol. The molecule has 4 heteroatoms. The minimum Gasteiger partial charge on any atom is -0.550 e. The number of carboxylic acid groups (broad SMARTS) is 1. The number of rotatable bonds is 4. The maximum absolute atomic E-state index is 10.3. The summed E-state index contributed by atoms with van der Waals surface area (Å²) >= 11 is 0. The summed E-state index contributed by atoms with van der Waals surface area (Å²) in [5.41, 5.74) is 2.01. The third kappa shape index (κ3) is 5.13. The zero-order chi connectivity index (χ0) is 10.6. The Kier molecular flexibility index (Phi) is 7.47. The van der Waals surface area contributed by atoms with Crippen molar-refractivity contribution >= 4 is 5.97 Å². The molecule has 0 aliphatic rings. The molecule has 0 N–H and O–H groups in total. The summed E-state index contributed by atoms with van der Waals surface area (Å²) in [4.78, 5) is 10.3. The smallest absolute Gasteiger partial charge is 0.550 e. The fraction of sp³-hybridized carbons (Fsp3) is 0.364. The van der Waals surface area contributed by atoms with E-state index in [0.717, 1.165) is 16.9 Å². The Morgan fingerprint density at radius 3 is 2.67 bits per heavy atom. The summed E-state index contributed by atoms with van der Waals surface area (Å²) in [7, 11) is 1.58. The van der Waals surface area contributed by atoms with Crippen molar-refractivity contribution < 1.29 is 66.0 Å². The summed E-state index contributed by atoms with van der Waals surface area (Å²) in [6, 6.07) is 5.71. The molecule has 0 amide bonds. The molecule has 1 rings (SSSR count). The molecule has 0 atom stereocenters. The van der Waals surface area contributed by atoms with Gasteiger partial charge in [-0.2, -0.15) is 0 Å². The number of ether oxygens (including phenoxy) is 1. The molecule has 3 nitrogen and oxygen atoms in total. The third-order valence-electron chi connectivity index (χ3n) is 2.03. The van der Waals surface area contributed by atoms with E-state index in [-0.39, 0.29) is 57.8 Å². The van der Waals surface area contributed by atoms with Crippen molar-refractivity contribution in [3.8, 4) is 5.75 Å². The van der Waals surface area contributed by atoms with Gasteiger partial charge in [-0.25, -0.2) is 0 Å². The fourth-order valence-corrected chi connectivity index (χ4v) is 1.34. The van der Waals surface area contributed by atoms with Crippen LogP contribution in [0.4, 0.5) is 0 Å². The van der Waals surface area contributed by atoms with Crippen molar-refractivity contribution in [1.29, 1.82) is 0 Å². The SMILES string of the molecule is COc1ccc(C)cc1CCC(=O)[O-].[K+]. The maximum Gasteiger partial charge on any atom is 1.00 e. The van der Waals surface area contributed by atoms with E-state index in [0.29, 0.717) is 6.42 Å². The first-order valence-corrected chi connectivity index (χ1v) is 4.47. The summed E-state index contributed by atoms with van der Waals surface area (Å²) in [6.07, 6.45) is 0.479. The summed E-state index contributed by atoms with van der Waals surface area (Å²) in [5, 5.41) is 10.3. The minimum absolute atomic E-state index is 0. The first kappa shape index (κ1) is 15.1. The Bertz CT molecular complexity index is 337. The van der Waals surface area contributed by atoms with Crippen molar-refractivity contribution in [1.82, 2.24) is 0 Å². The molecule has 1 aromatic rings. The molecule has 0 unspecified atom stereocenters. The van der Waals surface area contributed by atoms with Gasteiger partial charge >= 0.3 is 51.4 Å². The minimum atomic E-state index is -1.03. The molecular formula is C11H13KO3. The number of methoxy groups -OCH3 is 1. The molecule has 76 valence electrons. The predicted molar refractivity (Wildman–Crippen MR) is 51.1 cm³/mol. The van der Waals surface area contributed by atoms with E-state index in [1.807, 2.05) is 25.1 Å². The number of hydrogen-bond acceptors (Lipinski definition) is 3. The standard InChI is InChI=1S/C11H14O3.K/c1-8-3-5-10(14-2)9(7-8)4-6-11(12)13;/h3,5,7H,4,6H2,1-2H3,(H,12,13);/q;+1/p-1. The van der Waals surface area contributed by atoms with Gasteiger partial charge in [0.1, 0.15) is 5.75 Å². The number of aliphatic carboxylic acids is 1. The van der Waals surface area contributed by atoms with E-state index >= 15 is 0 Å². The molecule has 0 spiro atoms. The van der Waals surface area contributed by atoms with Crippen LogP contribution in [0.15, 0.2) is 18.2 Å². The van der Waals surface area contributed by atoms with Gasteiger partial charge in [0.25, 0.3) is 0 Å². The van der Waals surface area contributed by atoms with Gasteiger partial charge in [0.2, 0.25) is 0 Å². The van der Waals surface area contributed by atoms with Crippen LogP contribution in [0.3, 0.4) is 0 Å². The second kappa shape index (κ2) is 7.41. The molecule has 0 saturated carbocycles. The largest absolute Gasteiger partial charge is 1.00 e. The van der Waals surface area contributed by atoms with Crippen LogP contribution in [0, 0.1) is 6.92 Å². The molecular weight excluding hydrogens is 219 g/mol. The second-order valence-corrected chi connectivity index (χ2v) is 3.19. The molecule has 0 fully saturated rings. The second-order valence-electron chi connectivity index (χ2n) is 3.19. The van der Waals surface area contributed by atoms with Gasteiger partial charge in [0.15, 0.2) is 0 Å². The topological polar surface area (TPSA) is 49.4 Å². The molecule has 0 saturated heterocycles.